The Hall–Kier alpha value is -2.30. The molecule has 0 aliphatic rings. The fourth-order valence-electron chi connectivity index (χ4n) is 1.64. The predicted octanol–water partition coefficient (Wildman–Crippen LogP) is 2.22. The van der Waals surface area contributed by atoms with E-state index in [9.17, 15) is 4.79 Å². The Morgan fingerprint density at radius 1 is 1.32 bits per heavy atom. The molecule has 100 valence electrons. The van der Waals surface area contributed by atoms with Crippen molar-refractivity contribution in [3.8, 4) is 5.75 Å². The van der Waals surface area contributed by atoms with E-state index in [0.717, 1.165) is 5.75 Å². The van der Waals surface area contributed by atoms with E-state index in [2.05, 4.69) is 10.4 Å². The molecule has 1 amide bonds. The van der Waals surface area contributed by atoms with Gasteiger partial charge in [0.05, 0.1) is 12.8 Å². The highest BCUT2D eigenvalue weighted by Crippen LogP contribution is 2.09. The summed E-state index contributed by atoms with van der Waals surface area (Å²) in [6.07, 6.45) is 2.75. The van der Waals surface area contributed by atoms with E-state index >= 15 is 0 Å². The van der Waals surface area contributed by atoms with Crippen molar-refractivity contribution in [2.45, 2.75) is 12.8 Å². The summed E-state index contributed by atoms with van der Waals surface area (Å²) < 4.78 is 7.14. The van der Waals surface area contributed by atoms with Gasteiger partial charge >= 0.3 is 0 Å². The molecule has 1 N–H and O–H groups in total. The number of hydrogen-bond acceptors (Lipinski definition) is 3. The monoisotopic (exact) mass is 259 g/mol. The van der Waals surface area contributed by atoms with Crippen LogP contribution in [0.4, 0.5) is 5.82 Å². The second-order valence-corrected chi connectivity index (χ2v) is 4.15. The van der Waals surface area contributed by atoms with Gasteiger partial charge in [0.1, 0.15) is 11.6 Å². The smallest absolute Gasteiger partial charge is 0.225 e. The van der Waals surface area contributed by atoms with Crippen LogP contribution in [0, 0.1) is 0 Å². The summed E-state index contributed by atoms with van der Waals surface area (Å²) in [4.78, 5) is 11.7. The Labute approximate surface area is 112 Å². The average molecular weight is 259 g/mol. The lowest BCUT2D eigenvalue weighted by molar-refractivity contribution is -0.116. The number of anilines is 1. The molecular weight excluding hydrogens is 242 g/mol. The number of carbonyl (C=O) groups excluding carboxylic acids is 1. The normalized spacial score (nSPS) is 10.2. The molecule has 0 aliphatic heterocycles. The van der Waals surface area contributed by atoms with E-state index in [1.165, 1.54) is 0 Å². The van der Waals surface area contributed by atoms with Crippen LogP contribution in [0.1, 0.15) is 12.8 Å². The van der Waals surface area contributed by atoms with Gasteiger partial charge in [-0.1, -0.05) is 18.2 Å². The zero-order chi connectivity index (χ0) is 13.5. The van der Waals surface area contributed by atoms with Gasteiger partial charge in [0.25, 0.3) is 0 Å². The average Bonchev–Trinajstić information content (AvgIpc) is 2.82. The number of ether oxygens (including phenoxy) is 1. The Kier molecular flexibility index (Phi) is 4.55. The molecule has 1 heterocycles. The van der Waals surface area contributed by atoms with Crippen LogP contribution in [0.5, 0.6) is 5.75 Å². The van der Waals surface area contributed by atoms with E-state index in [0.29, 0.717) is 25.3 Å². The van der Waals surface area contributed by atoms with Gasteiger partial charge in [0.2, 0.25) is 5.91 Å². The van der Waals surface area contributed by atoms with Gasteiger partial charge < -0.3 is 10.1 Å². The number of para-hydroxylation sites is 1. The van der Waals surface area contributed by atoms with Crippen molar-refractivity contribution in [1.82, 2.24) is 9.78 Å². The fourth-order valence-corrected chi connectivity index (χ4v) is 1.64. The van der Waals surface area contributed by atoms with Gasteiger partial charge in [-0.15, -0.1) is 0 Å². The number of aromatic nitrogens is 2. The summed E-state index contributed by atoms with van der Waals surface area (Å²) in [5.41, 5.74) is 0. The molecule has 5 nitrogen and oxygen atoms in total. The third-order valence-electron chi connectivity index (χ3n) is 2.65. The van der Waals surface area contributed by atoms with Crippen LogP contribution in [0.15, 0.2) is 42.6 Å². The third kappa shape index (κ3) is 4.13. The van der Waals surface area contributed by atoms with Crippen molar-refractivity contribution in [1.29, 1.82) is 0 Å². The molecule has 1 aromatic heterocycles. The maximum Gasteiger partial charge on any atom is 0.225 e. The number of benzene rings is 1. The number of amides is 1. The summed E-state index contributed by atoms with van der Waals surface area (Å²) in [6, 6.07) is 11.3. The van der Waals surface area contributed by atoms with Crippen LogP contribution in [-0.4, -0.2) is 22.3 Å². The van der Waals surface area contributed by atoms with Crippen LogP contribution in [0.25, 0.3) is 0 Å². The molecule has 0 aliphatic carbocycles. The number of aryl methyl sites for hydroxylation is 1. The van der Waals surface area contributed by atoms with E-state index < -0.39 is 0 Å². The molecule has 19 heavy (non-hydrogen) atoms. The Balaban J connectivity index is 1.66. The summed E-state index contributed by atoms with van der Waals surface area (Å²) in [6.45, 7) is 0.531. The molecule has 0 atom stereocenters. The van der Waals surface area contributed by atoms with E-state index in [1.807, 2.05) is 30.3 Å². The maximum absolute atomic E-state index is 11.7. The lowest BCUT2D eigenvalue weighted by Gasteiger charge is -2.07. The molecule has 5 heteroatoms. The first-order valence-electron chi connectivity index (χ1n) is 6.21. The zero-order valence-corrected chi connectivity index (χ0v) is 10.9. The van der Waals surface area contributed by atoms with Crippen molar-refractivity contribution in [2.75, 3.05) is 11.9 Å². The Morgan fingerprint density at radius 3 is 2.79 bits per heavy atom. The first-order valence-corrected chi connectivity index (χ1v) is 6.21. The third-order valence-corrected chi connectivity index (χ3v) is 2.65. The molecule has 0 radical (unpaired) electrons. The first kappa shape index (κ1) is 13.1. The minimum Gasteiger partial charge on any atom is -0.494 e. The molecule has 2 aromatic rings. The number of nitrogens with one attached hydrogen (secondary N) is 1. The Morgan fingerprint density at radius 2 is 2.11 bits per heavy atom. The van der Waals surface area contributed by atoms with Crippen molar-refractivity contribution in [3.63, 3.8) is 0 Å². The van der Waals surface area contributed by atoms with Crippen LogP contribution in [0.2, 0.25) is 0 Å². The summed E-state index contributed by atoms with van der Waals surface area (Å²) in [5.74, 6) is 1.50. The van der Waals surface area contributed by atoms with E-state index in [-0.39, 0.29) is 5.91 Å². The number of carbonyl (C=O) groups is 1. The topological polar surface area (TPSA) is 56.2 Å². The number of rotatable bonds is 6. The zero-order valence-electron chi connectivity index (χ0n) is 10.9. The molecule has 0 spiro atoms. The highest BCUT2D eigenvalue weighted by molar-refractivity contribution is 5.89. The molecule has 0 bridgehead atoms. The Bertz CT molecular complexity index is 522. The standard InChI is InChI=1S/C14H17N3O2/c1-17-13(9-10-15-17)16-14(18)8-5-11-19-12-6-3-2-4-7-12/h2-4,6-7,9-10H,5,8,11H2,1H3,(H,16,18). The largest absolute Gasteiger partial charge is 0.494 e. The first-order chi connectivity index (χ1) is 9.25. The molecular formula is C14H17N3O2. The lowest BCUT2D eigenvalue weighted by atomic mass is 10.3. The SMILES string of the molecule is Cn1nccc1NC(=O)CCCOc1ccccc1. The van der Waals surface area contributed by atoms with Gasteiger partial charge in [-0.05, 0) is 18.6 Å². The highest BCUT2D eigenvalue weighted by Gasteiger charge is 2.04. The molecule has 2 rings (SSSR count). The van der Waals surface area contributed by atoms with Crippen molar-refractivity contribution >= 4 is 11.7 Å². The van der Waals surface area contributed by atoms with Crippen LogP contribution >= 0.6 is 0 Å². The van der Waals surface area contributed by atoms with E-state index in [4.69, 9.17) is 4.74 Å². The van der Waals surface area contributed by atoms with Gasteiger partial charge in [-0.25, -0.2) is 0 Å². The maximum atomic E-state index is 11.7. The highest BCUT2D eigenvalue weighted by atomic mass is 16.5. The summed E-state index contributed by atoms with van der Waals surface area (Å²) in [7, 11) is 1.79. The van der Waals surface area contributed by atoms with Crippen LogP contribution in [0.3, 0.4) is 0 Å². The van der Waals surface area contributed by atoms with Crippen molar-refractivity contribution in [2.24, 2.45) is 7.05 Å². The molecule has 0 unspecified atom stereocenters. The molecule has 1 aromatic carbocycles. The van der Waals surface area contributed by atoms with E-state index in [1.54, 1.807) is 24.0 Å². The number of hydrogen-bond donors (Lipinski definition) is 1. The van der Waals surface area contributed by atoms with Gasteiger partial charge in [0, 0.05) is 19.5 Å². The van der Waals surface area contributed by atoms with Crippen molar-refractivity contribution < 1.29 is 9.53 Å². The molecule has 0 saturated heterocycles. The van der Waals surface area contributed by atoms with Gasteiger partial charge in [-0.3, -0.25) is 9.48 Å². The fraction of sp³-hybridized carbons (Fsp3) is 0.286. The van der Waals surface area contributed by atoms with Crippen LogP contribution < -0.4 is 10.1 Å². The summed E-state index contributed by atoms with van der Waals surface area (Å²) >= 11 is 0. The van der Waals surface area contributed by atoms with Gasteiger partial charge in [-0.2, -0.15) is 5.10 Å². The van der Waals surface area contributed by atoms with Crippen molar-refractivity contribution in [3.05, 3.63) is 42.6 Å². The predicted molar refractivity (Wildman–Crippen MR) is 73.0 cm³/mol. The van der Waals surface area contributed by atoms with Crippen LogP contribution in [-0.2, 0) is 11.8 Å². The quantitative estimate of drug-likeness (QED) is 0.809. The lowest BCUT2D eigenvalue weighted by Crippen LogP contribution is -2.15. The minimum absolute atomic E-state index is 0.0275. The second kappa shape index (κ2) is 6.58. The molecule has 0 fully saturated rings. The minimum atomic E-state index is -0.0275. The summed E-state index contributed by atoms with van der Waals surface area (Å²) in [5, 5.41) is 6.78. The second-order valence-electron chi connectivity index (χ2n) is 4.15. The van der Waals surface area contributed by atoms with Gasteiger partial charge in [0.15, 0.2) is 0 Å². The number of nitrogens with zero attached hydrogens (tertiary/aromatic N) is 2. The molecule has 0 saturated carbocycles.